The molecule has 0 amide bonds. The van der Waals surface area contributed by atoms with Gasteiger partial charge in [-0.2, -0.15) is 0 Å². The quantitative estimate of drug-likeness (QED) is 0.431. The van der Waals surface area contributed by atoms with Crippen LogP contribution in [0.3, 0.4) is 0 Å². The van der Waals surface area contributed by atoms with E-state index in [0.29, 0.717) is 0 Å². The molecule has 0 spiro atoms. The van der Waals surface area contributed by atoms with Crippen LogP contribution in [0, 0.1) is 0 Å². The Morgan fingerprint density at radius 3 is 2.62 bits per heavy atom. The normalized spacial score (nSPS) is 18.4. The highest BCUT2D eigenvalue weighted by Gasteiger charge is 2.39. The van der Waals surface area contributed by atoms with Crippen molar-refractivity contribution < 1.29 is 4.79 Å². The first-order valence-corrected chi connectivity index (χ1v) is 7.82. The second kappa shape index (κ2) is 6.75. The molecule has 0 aliphatic carbocycles. The molecule has 0 saturated heterocycles. The Morgan fingerprint density at radius 1 is 1.14 bits per heavy atom. The Balaban J connectivity index is 2.38. The number of benzene rings is 1. The van der Waals surface area contributed by atoms with E-state index < -0.39 is 0 Å². The Hall–Kier alpha value is -1.83. The fourth-order valence-corrected chi connectivity index (χ4v) is 3.09. The Bertz CT molecular complexity index is 554. The van der Waals surface area contributed by atoms with Crippen molar-refractivity contribution in [3.8, 4) is 0 Å². The number of aldehydes is 1. The average Bonchev–Trinajstić information content (AvgIpc) is 2.69. The van der Waals surface area contributed by atoms with E-state index in [4.69, 9.17) is 0 Å². The summed E-state index contributed by atoms with van der Waals surface area (Å²) in [5.74, 6) is 0. The molecule has 0 aromatic heterocycles. The van der Waals surface area contributed by atoms with Crippen LogP contribution >= 0.6 is 0 Å². The topological polar surface area (TPSA) is 20.3 Å². The lowest BCUT2D eigenvalue weighted by molar-refractivity contribution is -0.104. The van der Waals surface area contributed by atoms with Gasteiger partial charge in [-0.25, -0.2) is 0 Å². The van der Waals surface area contributed by atoms with Crippen molar-refractivity contribution in [3.05, 3.63) is 53.8 Å². The van der Waals surface area contributed by atoms with Crippen molar-refractivity contribution in [2.45, 2.75) is 45.4 Å². The molecule has 1 aliphatic rings. The summed E-state index contributed by atoms with van der Waals surface area (Å²) in [5.41, 5.74) is 3.94. The Morgan fingerprint density at radius 2 is 1.90 bits per heavy atom. The fourth-order valence-electron chi connectivity index (χ4n) is 3.09. The zero-order valence-corrected chi connectivity index (χ0v) is 13.3. The van der Waals surface area contributed by atoms with Crippen LogP contribution in [0.5, 0.6) is 0 Å². The zero-order valence-electron chi connectivity index (χ0n) is 13.3. The molecular formula is C19H25NO. The van der Waals surface area contributed by atoms with E-state index in [0.717, 1.165) is 12.8 Å². The molecule has 2 rings (SSSR count). The van der Waals surface area contributed by atoms with Crippen molar-refractivity contribution >= 4 is 12.0 Å². The fraction of sp³-hybridized carbons (Fsp3) is 0.421. The number of anilines is 1. The number of fused-ring (bicyclic) bond motifs is 1. The minimum atomic E-state index is -0.0178. The van der Waals surface area contributed by atoms with Crippen molar-refractivity contribution in [3.63, 3.8) is 0 Å². The number of hydrogen-bond acceptors (Lipinski definition) is 2. The zero-order chi connectivity index (χ0) is 15.3. The van der Waals surface area contributed by atoms with Gasteiger partial charge in [0.2, 0.25) is 0 Å². The van der Waals surface area contributed by atoms with E-state index in [1.54, 1.807) is 6.08 Å². The molecule has 112 valence electrons. The molecule has 2 heteroatoms. The molecule has 0 unspecified atom stereocenters. The first-order valence-electron chi connectivity index (χ1n) is 7.82. The predicted octanol–water partition coefficient (Wildman–Crippen LogP) is 4.61. The van der Waals surface area contributed by atoms with Gasteiger partial charge in [0.05, 0.1) is 0 Å². The minimum Gasteiger partial charge on any atom is -0.344 e. The van der Waals surface area contributed by atoms with Crippen LogP contribution in [-0.4, -0.2) is 12.8 Å². The second-order valence-electron chi connectivity index (χ2n) is 6.07. The van der Waals surface area contributed by atoms with E-state index in [-0.39, 0.29) is 5.41 Å². The summed E-state index contributed by atoms with van der Waals surface area (Å²) in [6.07, 6.45) is 9.97. The van der Waals surface area contributed by atoms with Crippen LogP contribution in [0.1, 0.15) is 45.6 Å². The summed E-state index contributed by atoms with van der Waals surface area (Å²) in [6, 6.07) is 8.63. The third-order valence-corrected chi connectivity index (χ3v) is 4.23. The predicted molar refractivity (Wildman–Crippen MR) is 89.6 cm³/mol. The van der Waals surface area contributed by atoms with Gasteiger partial charge in [0.15, 0.2) is 0 Å². The first kappa shape index (κ1) is 15.6. The van der Waals surface area contributed by atoms with Gasteiger partial charge in [0.25, 0.3) is 0 Å². The molecule has 0 saturated carbocycles. The number of unbranched alkanes of at least 4 members (excludes halogenated alkanes) is 2. The molecule has 1 aromatic rings. The number of para-hydroxylation sites is 1. The number of allylic oxidation sites excluding steroid dienone is 4. The van der Waals surface area contributed by atoms with Crippen molar-refractivity contribution in [2.24, 2.45) is 0 Å². The summed E-state index contributed by atoms with van der Waals surface area (Å²) in [4.78, 5) is 12.9. The maximum atomic E-state index is 10.5. The van der Waals surface area contributed by atoms with Crippen LogP contribution in [0.2, 0.25) is 0 Å². The summed E-state index contributed by atoms with van der Waals surface area (Å²) in [6.45, 7) is 7.78. The van der Waals surface area contributed by atoms with E-state index >= 15 is 0 Å². The number of nitrogens with zero attached hydrogens (tertiary/aromatic N) is 1. The molecule has 2 nitrogen and oxygen atoms in total. The third-order valence-electron chi connectivity index (χ3n) is 4.23. The van der Waals surface area contributed by atoms with Gasteiger partial charge in [-0.05, 0) is 30.2 Å². The highest BCUT2D eigenvalue weighted by molar-refractivity contribution is 5.71. The monoisotopic (exact) mass is 283 g/mol. The average molecular weight is 283 g/mol. The van der Waals surface area contributed by atoms with Crippen LogP contribution < -0.4 is 4.90 Å². The SMILES string of the molecule is CCCCCN1/C(=C/C=C/C=O)C(C)(C)c2ccccc21. The molecule has 0 fully saturated rings. The molecule has 0 radical (unpaired) electrons. The largest absolute Gasteiger partial charge is 0.344 e. The van der Waals surface area contributed by atoms with Gasteiger partial charge >= 0.3 is 0 Å². The van der Waals surface area contributed by atoms with Crippen LogP contribution in [0.4, 0.5) is 5.69 Å². The highest BCUT2D eigenvalue weighted by Crippen LogP contribution is 2.47. The molecule has 1 aromatic carbocycles. The number of carbonyl (C=O) groups is 1. The Kier molecular flexibility index (Phi) is 5.00. The summed E-state index contributed by atoms with van der Waals surface area (Å²) in [7, 11) is 0. The van der Waals surface area contributed by atoms with Gasteiger partial charge in [-0.3, -0.25) is 4.79 Å². The van der Waals surface area contributed by atoms with Crippen molar-refractivity contribution in [2.75, 3.05) is 11.4 Å². The van der Waals surface area contributed by atoms with Crippen LogP contribution in [0.25, 0.3) is 0 Å². The lowest BCUT2D eigenvalue weighted by Gasteiger charge is -2.27. The van der Waals surface area contributed by atoms with Gasteiger partial charge in [-0.1, -0.05) is 57.9 Å². The van der Waals surface area contributed by atoms with Gasteiger partial charge in [0, 0.05) is 23.3 Å². The van der Waals surface area contributed by atoms with Crippen molar-refractivity contribution in [1.82, 2.24) is 0 Å². The van der Waals surface area contributed by atoms with Gasteiger partial charge in [-0.15, -0.1) is 0 Å². The first-order chi connectivity index (χ1) is 10.1. The highest BCUT2D eigenvalue weighted by atomic mass is 16.1. The number of rotatable bonds is 6. The molecule has 1 aliphatic heterocycles. The summed E-state index contributed by atoms with van der Waals surface area (Å²) >= 11 is 0. The summed E-state index contributed by atoms with van der Waals surface area (Å²) < 4.78 is 0. The second-order valence-corrected chi connectivity index (χ2v) is 6.07. The number of hydrogen-bond donors (Lipinski definition) is 0. The molecule has 0 atom stereocenters. The molecule has 0 N–H and O–H groups in total. The van der Waals surface area contributed by atoms with E-state index in [1.165, 1.54) is 36.2 Å². The van der Waals surface area contributed by atoms with Gasteiger partial charge in [0.1, 0.15) is 6.29 Å². The molecule has 21 heavy (non-hydrogen) atoms. The number of carbonyl (C=O) groups excluding carboxylic acids is 1. The molecule has 0 bridgehead atoms. The van der Waals surface area contributed by atoms with Crippen LogP contribution in [0.15, 0.2) is 48.2 Å². The third kappa shape index (κ3) is 3.10. The maximum absolute atomic E-state index is 10.5. The standard InChI is InChI=1S/C19H25NO/c1-4-5-9-14-20-17-12-7-6-11-16(17)19(2,3)18(20)13-8-10-15-21/h6-8,10-13,15H,4-5,9,14H2,1-3H3/b10-8+,18-13+. The lowest BCUT2D eigenvalue weighted by atomic mass is 9.84. The van der Waals surface area contributed by atoms with Crippen LogP contribution in [-0.2, 0) is 10.2 Å². The van der Waals surface area contributed by atoms with E-state index in [1.807, 2.05) is 6.08 Å². The van der Waals surface area contributed by atoms with Crippen molar-refractivity contribution in [1.29, 1.82) is 0 Å². The minimum absolute atomic E-state index is 0.0178. The van der Waals surface area contributed by atoms with E-state index in [9.17, 15) is 4.79 Å². The molecule has 1 heterocycles. The van der Waals surface area contributed by atoms with Gasteiger partial charge < -0.3 is 4.90 Å². The maximum Gasteiger partial charge on any atom is 0.142 e. The smallest absolute Gasteiger partial charge is 0.142 e. The molecular weight excluding hydrogens is 258 g/mol. The Labute approximate surface area is 128 Å². The summed E-state index contributed by atoms with van der Waals surface area (Å²) in [5, 5.41) is 0. The lowest BCUT2D eigenvalue weighted by Crippen LogP contribution is -2.27. The van der Waals surface area contributed by atoms with E-state index in [2.05, 4.69) is 56.0 Å².